The molecule has 0 aliphatic carbocycles. The van der Waals surface area contributed by atoms with Crippen LogP contribution in [0.5, 0.6) is 11.5 Å². The molecule has 2 aromatic carbocycles. The van der Waals surface area contributed by atoms with E-state index < -0.39 is 222 Å². The third kappa shape index (κ3) is 41.9. The fourth-order valence-corrected chi connectivity index (χ4v) is 10.8. The summed E-state index contributed by atoms with van der Waals surface area (Å²) in [7, 11) is 10.6. The van der Waals surface area contributed by atoms with Gasteiger partial charge in [0.05, 0.1) is 25.1 Å². The Bertz CT molecular complexity index is 3410. The van der Waals surface area contributed by atoms with Crippen molar-refractivity contribution in [2.45, 2.75) is 143 Å². The lowest BCUT2D eigenvalue weighted by Gasteiger charge is -2.30. The van der Waals surface area contributed by atoms with Gasteiger partial charge in [-0.15, -0.1) is 0 Å². The average molecular weight is 1820 g/mol. The Hall–Kier alpha value is -6.32. The maximum absolute atomic E-state index is 14.2. The number of hydrogen-bond acceptors (Lipinski definition) is 32. The highest BCUT2D eigenvalue weighted by Gasteiger charge is 2.41. The highest BCUT2D eigenvalue weighted by Crippen LogP contribution is 2.21. The van der Waals surface area contributed by atoms with E-state index in [1.54, 1.807) is 64.8 Å². The number of benzene rings is 2. The molecule has 1 aliphatic rings. The van der Waals surface area contributed by atoms with Gasteiger partial charge in [-0.1, -0.05) is 89.0 Å². The van der Waals surface area contributed by atoms with E-state index in [0.717, 1.165) is 11.8 Å². The highest BCUT2D eigenvalue weighted by molar-refractivity contribution is 8.76. The lowest BCUT2D eigenvalue weighted by Crippen LogP contribution is -2.61. The van der Waals surface area contributed by atoms with Crippen LogP contribution in [-0.4, -0.2) is 300 Å². The number of thiol groups is 6. The molecule has 3 unspecified atom stereocenters. The standard InChI is InChI=1S/C59H84N14O22S6.3C2H6S2/c1-26(47(82)68-41(25-101)55(90)72-46(27(2)74)57(92)61-19-43(77)63-37(21-97)51(86)67-36(59(94)95)17-29-7-11-31(76)12-8-29)62-56(91)42-4-3-15-73(42)58(93)35(18-45(80)81)66-53(88)39(23-99)71-54(89)40(24-100)70-50(85)34(16-28-5-9-30(75)10-6-28)65-49(84)33(13-14-44(78)79)64-52(87)38(22-98)69-48(83)32(60)20-96;3*1-3-4-2/h5-12,26-27,32-42,46,74-76,96-101H,3-4,13-25,60H2,1-2H3,(H,61,92)(H,62,91)(H,63,77)(H,64,87)(H,65,84)(H,66,88)(H,67,86)(H,68,82)(H,69,83)(H,70,85)(H,71,89)(H,72,90)(H,78,79)(H,80,81)(H,94,95);3*1-2H3/t26-,27+,32-,33?,34-,35?,36-,37-,38-,39-,40?,41-,42-,46-;;;/m0.../s1. The Balaban J connectivity index is 0.00000971. The molecule has 0 saturated carbocycles. The molecular formula is C65H102N14O22S12. The third-order valence-electron chi connectivity index (χ3n) is 15.5. The van der Waals surface area contributed by atoms with E-state index in [1.165, 1.54) is 55.5 Å². The van der Waals surface area contributed by atoms with E-state index in [4.69, 9.17) is 5.73 Å². The Morgan fingerprint density at radius 2 is 0.814 bits per heavy atom. The van der Waals surface area contributed by atoms with Crippen LogP contribution in [0.2, 0.25) is 0 Å². The predicted molar refractivity (Wildman–Crippen MR) is 459 cm³/mol. The van der Waals surface area contributed by atoms with Crippen molar-refractivity contribution in [1.82, 2.24) is 68.7 Å². The van der Waals surface area contributed by atoms with Gasteiger partial charge in [-0.2, -0.15) is 75.8 Å². The molecule has 1 aliphatic heterocycles. The fourth-order valence-electron chi connectivity index (χ4n) is 9.38. The fraction of sp³-hybridized carbons (Fsp3) is 0.569. The van der Waals surface area contributed by atoms with Crippen LogP contribution in [0.1, 0.15) is 57.1 Å². The van der Waals surface area contributed by atoms with Crippen LogP contribution < -0.4 is 69.5 Å². The zero-order valence-electron chi connectivity index (χ0n) is 62.7. The minimum absolute atomic E-state index is 0.0362. The molecule has 0 radical (unpaired) electrons. The van der Waals surface area contributed by atoms with Crippen molar-refractivity contribution >= 4 is 235 Å². The van der Waals surface area contributed by atoms with Crippen LogP contribution >= 0.6 is 141 Å². The van der Waals surface area contributed by atoms with Gasteiger partial charge in [0.2, 0.25) is 76.8 Å². The van der Waals surface area contributed by atoms with E-state index in [1.807, 2.05) is 0 Å². The molecule has 113 heavy (non-hydrogen) atoms. The number of hydrogen-bond donors (Lipinski definition) is 25. The summed E-state index contributed by atoms with van der Waals surface area (Å²) < 4.78 is 0. The number of aromatic hydroxyl groups is 2. The molecule has 1 fully saturated rings. The van der Waals surface area contributed by atoms with Crippen molar-refractivity contribution in [3.63, 3.8) is 0 Å². The third-order valence-corrected chi connectivity index (χ3v) is 21.7. The number of rotatable bonds is 45. The number of aliphatic hydroxyl groups is 1. The summed E-state index contributed by atoms with van der Waals surface area (Å²) in [6.45, 7) is 1.31. The molecule has 36 nitrogen and oxygen atoms in total. The highest BCUT2D eigenvalue weighted by atomic mass is 33.1. The van der Waals surface area contributed by atoms with Crippen LogP contribution in [-0.2, 0) is 89.6 Å². The average Bonchev–Trinajstić information content (AvgIpc) is 1.77. The van der Waals surface area contributed by atoms with Crippen molar-refractivity contribution < 1.29 is 107 Å². The Morgan fingerprint density at radius 3 is 1.21 bits per heavy atom. The molecule has 0 aromatic heterocycles. The largest absolute Gasteiger partial charge is 0.508 e. The van der Waals surface area contributed by atoms with Gasteiger partial charge in [0.1, 0.15) is 84.0 Å². The van der Waals surface area contributed by atoms with Gasteiger partial charge in [-0.25, -0.2) is 4.79 Å². The maximum atomic E-state index is 14.2. The summed E-state index contributed by atoms with van der Waals surface area (Å²) >= 11 is 24.5. The summed E-state index contributed by atoms with van der Waals surface area (Å²) in [4.78, 5) is 212. The summed E-state index contributed by atoms with van der Waals surface area (Å²) in [5, 5.41) is 86.8. The van der Waals surface area contributed by atoms with Gasteiger partial charge >= 0.3 is 17.9 Å². The number of phenols is 2. The number of amides is 13. The lowest BCUT2D eigenvalue weighted by atomic mass is 10.0. The van der Waals surface area contributed by atoms with E-state index >= 15 is 0 Å². The Morgan fingerprint density at radius 1 is 0.451 bits per heavy atom. The van der Waals surface area contributed by atoms with Crippen LogP contribution in [0.25, 0.3) is 0 Å². The van der Waals surface area contributed by atoms with Crippen molar-refractivity contribution in [3.05, 3.63) is 59.7 Å². The molecule has 636 valence electrons. The molecule has 20 N–H and O–H groups in total. The second-order valence-corrected chi connectivity index (χ2v) is 34.0. The second kappa shape index (κ2) is 59.4. The van der Waals surface area contributed by atoms with Crippen LogP contribution in [0.15, 0.2) is 48.5 Å². The molecule has 14 atom stereocenters. The summed E-state index contributed by atoms with van der Waals surface area (Å²) in [5.41, 5.74) is 6.48. The van der Waals surface area contributed by atoms with Gasteiger partial charge < -0.3 is 105 Å². The monoisotopic (exact) mass is 1810 g/mol. The molecular weight excluding hydrogens is 1710 g/mol. The number of carboxylic acids is 3. The molecule has 48 heteroatoms. The topological polar surface area (TPSA) is 568 Å². The molecule has 3 rings (SSSR count). The van der Waals surface area contributed by atoms with Gasteiger partial charge in [-0.05, 0) is 106 Å². The van der Waals surface area contributed by atoms with Gasteiger partial charge in [0, 0.05) is 60.3 Å². The first-order valence-electron chi connectivity index (χ1n) is 33.8. The maximum Gasteiger partial charge on any atom is 0.326 e. The number of carboxylic acid groups (broad SMARTS) is 3. The second-order valence-electron chi connectivity index (χ2n) is 23.8. The van der Waals surface area contributed by atoms with E-state index in [0.29, 0.717) is 11.1 Å². The first kappa shape index (κ1) is 107. The SMILES string of the molecule is CSSC.CSSC.CSSC.C[C@H](NC(=O)[C@@H]1CCCN1C(=O)C(CC(=O)O)NC(=O)[C@H](CS)NC(=O)C(CS)NC(=O)[C@H](Cc1ccc(O)cc1)NC(=O)C(CCC(=O)O)NC(=O)[C@H](CS)NC(=O)[C@@H](N)CS)C(=O)N[C@@H](CS)C(=O)N[C@H](C(=O)NCC(=O)N[C@@H](CS)C(=O)N[C@@H](Cc1ccc(O)cc1)C(=O)O)[C@@H](C)O. The van der Waals surface area contributed by atoms with Crippen LogP contribution in [0, 0.1) is 0 Å². The van der Waals surface area contributed by atoms with Gasteiger partial charge in [-0.3, -0.25) is 71.9 Å². The predicted octanol–water partition coefficient (Wildman–Crippen LogP) is -2.06. The lowest BCUT2D eigenvalue weighted by molar-refractivity contribution is -0.146. The normalized spacial score (nSPS) is 15.4. The summed E-state index contributed by atoms with van der Waals surface area (Å²) in [5.74, 6) is -20.2. The number of carbonyl (C=O) groups excluding carboxylic acids is 13. The van der Waals surface area contributed by atoms with Crippen LogP contribution in [0.3, 0.4) is 0 Å². The molecule has 0 bridgehead atoms. The zero-order valence-corrected chi connectivity index (χ0v) is 72.9. The number of aliphatic carboxylic acids is 3. The Kier molecular flexibility index (Phi) is 56.0. The molecule has 0 spiro atoms. The van der Waals surface area contributed by atoms with E-state index in [2.05, 4.69) is 177 Å². The van der Waals surface area contributed by atoms with Gasteiger partial charge in [0.25, 0.3) is 0 Å². The number of nitrogens with one attached hydrogen (secondary N) is 12. The van der Waals surface area contributed by atoms with Crippen molar-refractivity contribution in [1.29, 1.82) is 0 Å². The molecule has 1 saturated heterocycles. The molecule has 13 amide bonds. The van der Waals surface area contributed by atoms with Crippen molar-refractivity contribution in [3.8, 4) is 11.5 Å². The van der Waals surface area contributed by atoms with Gasteiger partial charge in [0.15, 0.2) is 0 Å². The quantitative estimate of drug-likeness (QED) is 0.0250. The minimum atomic E-state index is -1.91. The number of phenolic OH excluding ortho intramolecular Hbond substituents is 2. The first-order valence-corrected chi connectivity index (χ1v) is 46.5. The minimum Gasteiger partial charge on any atom is -0.508 e. The Labute approximate surface area is 711 Å². The number of nitrogens with two attached hydrogens (primary N) is 1. The molecule has 2 aromatic rings. The van der Waals surface area contributed by atoms with E-state index in [-0.39, 0.29) is 61.0 Å². The number of carbonyl (C=O) groups is 16. The molecule has 1 heterocycles. The first-order chi connectivity index (χ1) is 53.3. The number of nitrogens with zero attached hydrogens (tertiary/aromatic N) is 1. The summed E-state index contributed by atoms with van der Waals surface area (Å²) in [6.07, 6.45) is 8.03. The van der Waals surface area contributed by atoms with Crippen molar-refractivity contribution in [2.75, 3.05) is 85.1 Å². The number of aliphatic hydroxyl groups excluding tert-OH is 1. The zero-order chi connectivity index (χ0) is 86.2. The van der Waals surface area contributed by atoms with E-state index in [9.17, 15) is 107 Å². The smallest absolute Gasteiger partial charge is 0.326 e. The summed E-state index contributed by atoms with van der Waals surface area (Å²) in [6, 6.07) is -9.24. The van der Waals surface area contributed by atoms with Crippen molar-refractivity contribution in [2.24, 2.45) is 5.73 Å². The van der Waals surface area contributed by atoms with Crippen LogP contribution in [0.4, 0.5) is 0 Å². The number of likely N-dealkylation sites (tertiary alicyclic amines) is 1.